The highest BCUT2D eigenvalue weighted by molar-refractivity contribution is 5.79. The van der Waals surface area contributed by atoms with Gasteiger partial charge in [-0.05, 0) is 49.1 Å². The lowest BCUT2D eigenvalue weighted by Gasteiger charge is -2.13. The van der Waals surface area contributed by atoms with E-state index in [4.69, 9.17) is 9.47 Å². The average Bonchev–Trinajstić information content (AvgIpc) is 3.49. The van der Waals surface area contributed by atoms with E-state index in [9.17, 15) is 4.79 Å². The third-order valence-electron chi connectivity index (χ3n) is 6.81. The van der Waals surface area contributed by atoms with Gasteiger partial charge < -0.3 is 14.8 Å². The molecule has 1 saturated carbocycles. The summed E-state index contributed by atoms with van der Waals surface area (Å²) in [6.07, 6.45) is 6.19. The minimum Gasteiger partial charge on any atom is -0.497 e. The van der Waals surface area contributed by atoms with E-state index in [0.717, 1.165) is 65.1 Å². The van der Waals surface area contributed by atoms with Gasteiger partial charge in [-0.1, -0.05) is 43.2 Å². The molecule has 0 spiro atoms. The summed E-state index contributed by atoms with van der Waals surface area (Å²) < 4.78 is 15.0. The number of imidazole rings is 1. The monoisotopic (exact) mass is 472 g/mol. The molecule has 1 N–H and O–H groups in total. The number of aryl methyl sites for hydroxylation is 1. The Morgan fingerprint density at radius 1 is 1.06 bits per heavy atom. The van der Waals surface area contributed by atoms with Crippen LogP contribution in [0.5, 0.6) is 5.75 Å². The maximum Gasteiger partial charge on any atom is 0.329 e. The van der Waals surface area contributed by atoms with E-state index >= 15 is 0 Å². The summed E-state index contributed by atoms with van der Waals surface area (Å²) in [6, 6.07) is 18.2. The molecule has 4 aromatic rings. The highest BCUT2D eigenvalue weighted by Gasteiger charge is 2.24. The topological polar surface area (TPSA) is 70.3 Å². The van der Waals surface area contributed by atoms with E-state index < -0.39 is 0 Å². The smallest absolute Gasteiger partial charge is 0.329 e. The van der Waals surface area contributed by atoms with Crippen LogP contribution < -0.4 is 15.7 Å². The number of pyridine rings is 1. The lowest BCUT2D eigenvalue weighted by Crippen LogP contribution is -2.27. The number of aromatic nitrogens is 3. The first-order valence-corrected chi connectivity index (χ1v) is 12.3. The second-order valence-electron chi connectivity index (χ2n) is 9.14. The summed E-state index contributed by atoms with van der Waals surface area (Å²) >= 11 is 0. The molecule has 0 atom stereocenters. The Morgan fingerprint density at radius 2 is 1.86 bits per heavy atom. The van der Waals surface area contributed by atoms with Crippen molar-refractivity contribution in [3.63, 3.8) is 0 Å². The number of hydrogen-bond acceptors (Lipinski definition) is 5. The molecule has 1 aliphatic carbocycles. The highest BCUT2D eigenvalue weighted by atomic mass is 16.5. The molecule has 7 heteroatoms. The van der Waals surface area contributed by atoms with Crippen molar-refractivity contribution in [1.82, 2.24) is 14.1 Å². The molecule has 0 amide bonds. The number of fused-ring (bicyclic) bond motifs is 1. The molecular weight excluding hydrogens is 440 g/mol. The Labute approximate surface area is 205 Å². The number of ether oxygens (including phenoxy) is 2. The van der Waals surface area contributed by atoms with Gasteiger partial charge >= 0.3 is 5.69 Å². The van der Waals surface area contributed by atoms with Crippen LogP contribution in [0, 0.1) is 6.92 Å². The molecule has 0 bridgehead atoms. The summed E-state index contributed by atoms with van der Waals surface area (Å²) in [7, 11) is 1.66. The molecule has 2 aromatic heterocycles. The van der Waals surface area contributed by atoms with Crippen molar-refractivity contribution in [1.29, 1.82) is 0 Å². The quantitative estimate of drug-likeness (QED) is 0.322. The van der Waals surface area contributed by atoms with Crippen LogP contribution in [-0.2, 0) is 17.9 Å². The van der Waals surface area contributed by atoms with E-state index in [1.807, 2.05) is 70.7 Å². The van der Waals surface area contributed by atoms with Crippen molar-refractivity contribution >= 4 is 22.5 Å². The summed E-state index contributed by atoms with van der Waals surface area (Å²) in [6.45, 7) is 3.52. The largest absolute Gasteiger partial charge is 0.497 e. The van der Waals surface area contributed by atoms with E-state index in [-0.39, 0.29) is 11.7 Å². The number of nitrogens with zero attached hydrogens (tertiary/aromatic N) is 3. The van der Waals surface area contributed by atoms with Crippen LogP contribution in [-0.4, -0.2) is 27.8 Å². The van der Waals surface area contributed by atoms with Crippen LogP contribution in [0.4, 0.5) is 11.5 Å². The molecule has 35 heavy (non-hydrogen) atoms. The predicted molar refractivity (Wildman–Crippen MR) is 139 cm³/mol. The first kappa shape index (κ1) is 23.2. The van der Waals surface area contributed by atoms with Gasteiger partial charge in [0.15, 0.2) is 0 Å². The standard InChI is InChI=1S/C28H32N4O3/c1-20-16-23(34-2)12-13-24(20)30-27-17-25-26(18-29-27)31(28(33)32(25)22-10-6-7-11-22)14-15-35-19-21-8-4-3-5-9-21/h3-5,8-9,12-13,16-18,22H,6-7,10-11,14-15,19H2,1-2H3,(H,29,30). The van der Waals surface area contributed by atoms with Crippen LogP contribution in [0.25, 0.3) is 11.0 Å². The second kappa shape index (κ2) is 10.4. The van der Waals surface area contributed by atoms with E-state index in [1.165, 1.54) is 0 Å². The van der Waals surface area contributed by atoms with Gasteiger partial charge in [0, 0.05) is 17.8 Å². The molecule has 1 aliphatic rings. The summed E-state index contributed by atoms with van der Waals surface area (Å²) in [4.78, 5) is 18.2. The first-order chi connectivity index (χ1) is 17.1. The molecule has 0 aliphatic heterocycles. The SMILES string of the molecule is COc1ccc(Nc2cc3c(cn2)n(CCOCc2ccccc2)c(=O)n3C2CCCC2)c(C)c1. The third-order valence-corrected chi connectivity index (χ3v) is 6.81. The molecule has 1 fully saturated rings. The van der Waals surface area contributed by atoms with Gasteiger partial charge in [-0.3, -0.25) is 9.13 Å². The molecule has 0 unspecified atom stereocenters. The lowest BCUT2D eigenvalue weighted by atomic mass is 10.2. The minimum atomic E-state index is 0.0230. The zero-order valence-corrected chi connectivity index (χ0v) is 20.4. The Hall–Kier alpha value is -3.58. The number of methoxy groups -OCH3 is 1. The second-order valence-corrected chi connectivity index (χ2v) is 9.14. The summed E-state index contributed by atoms with van der Waals surface area (Å²) in [5.74, 6) is 1.54. The van der Waals surface area contributed by atoms with Crippen LogP contribution in [0.1, 0.15) is 42.9 Å². The van der Waals surface area contributed by atoms with Crippen LogP contribution in [0.15, 0.2) is 65.6 Å². The summed E-state index contributed by atoms with van der Waals surface area (Å²) in [5.41, 5.74) is 4.94. The molecule has 0 saturated heterocycles. The van der Waals surface area contributed by atoms with Gasteiger partial charge in [0.2, 0.25) is 0 Å². The fourth-order valence-electron chi connectivity index (χ4n) is 4.94. The van der Waals surface area contributed by atoms with Gasteiger partial charge in [-0.25, -0.2) is 9.78 Å². The predicted octanol–water partition coefficient (Wildman–Crippen LogP) is 5.59. The van der Waals surface area contributed by atoms with Crippen LogP contribution in [0.3, 0.4) is 0 Å². The van der Waals surface area contributed by atoms with Gasteiger partial charge in [0.25, 0.3) is 0 Å². The number of nitrogens with one attached hydrogen (secondary N) is 1. The van der Waals surface area contributed by atoms with Crippen molar-refractivity contribution in [2.75, 3.05) is 19.0 Å². The molecule has 2 aromatic carbocycles. The van der Waals surface area contributed by atoms with Gasteiger partial charge in [0.05, 0.1) is 44.1 Å². The molecule has 182 valence electrons. The fraction of sp³-hybridized carbons (Fsp3) is 0.357. The van der Waals surface area contributed by atoms with Gasteiger partial charge in [0.1, 0.15) is 11.6 Å². The minimum absolute atomic E-state index is 0.0230. The molecule has 7 nitrogen and oxygen atoms in total. The zero-order valence-electron chi connectivity index (χ0n) is 20.4. The molecule has 5 rings (SSSR count). The van der Waals surface area contributed by atoms with Crippen molar-refractivity contribution in [2.24, 2.45) is 0 Å². The molecular formula is C28H32N4O3. The Balaban J connectivity index is 1.42. The Bertz CT molecular complexity index is 1350. The van der Waals surface area contributed by atoms with Crippen LogP contribution >= 0.6 is 0 Å². The normalized spacial score (nSPS) is 14.0. The summed E-state index contributed by atoms with van der Waals surface area (Å²) in [5, 5.41) is 3.42. The van der Waals surface area contributed by atoms with E-state index in [0.29, 0.717) is 19.8 Å². The first-order valence-electron chi connectivity index (χ1n) is 12.3. The Kier molecular flexibility index (Phi) is 6.86. The third kappa shape index (κ3) is 4.95. The number of benzene rings is 2. The van der Waals surface area contributed by atoms with Crippen molar-refractivity contribution in [3.05, 3.63) is 82.4 Å². The maximum absolute atomic E-state index is 13.5. The zero-order chi connectivity index (χ0) is 24.2. The number of anilines is 2. The number of hydrogen-bond donors (Lipinski definition) is 1. The fourth-order valence-corrected chi connectivity index (χ4v) is 4.94. The van der Waals surface area contributed by atoms with Crippen molar-refractivity contribution in [3.8, 4) is 5.75 Å². The van der Waals surface area contributed by atoms with Crippen LogP contribution in [0.2, 0.25) is 0 Å². The molecule has 0 radical (unpaired) electrons. The van der Waals surface area contributed by atoms with Crippen molar-refractivity contribution in [2.45, 2.75) is 51.8 Å². The van der Waals surface area contributed by atoms with E-state index in [1.54, 1.807) is 13.3 Å². The van der Waals surface area contributed by atoms with Crippen molar-refractivity contribution < 1.29 is 9.47 Å². The van der Waals surface area contributed by atoms with E-state index in [2.05, 4.69) is 10.3 Å². The lowest BCUT2D eigenvalue weighted by molar-refractivity contribution is 0.113. The van der Waals surface area contributed by atoms with Gasteiger partial charge in [-0.15, -0.1) is 0 Å². The maximum atomic E-state index is 13.5. The Morgan fingerprint density at radius 3 is 2.60 bits per heavy atom. The highest BCUT2D eigenvalue weighted by Crippen LogP contribution is 2.32. The molecule has 2 heterocycles. The van der Waals surface area contributed by atoms with Gasteiger partial charge in [-0.2, -0.15) is 0 Å². The average molecular weight is 473 g/mol. The number of rotatable bonds is 9.